The summed E-state index contributed by atoms with van der Waals surface area (Å²) < 4.78 is 11.5. The summed E-state index contributed by atoms with van der Waals surface area (Å²) in [4.78, 5) is 0. The summed E-state index contributed by atoms with van der Waals surface area (Å²) in [7, 11) is 2.02. The van der Waals surface area contributed by atoms with E-state index in [2.05, 4.69) is 18.3 Å². The van der Waals surface area contributed by atoms with Crippen LogP contribution in [0.2, 0.25) is 5.02 Å². The van der Waals surface area contributed by atoms with Gasteiger partial charge in [0.1, 0.15) is 0 Å². The molecule has 1 aliphatic carbocycles. The van der Waals surface area contributed by atoms with Crippen molar-refractivity contribution in [3.63, 3.8) is 0 Å². The summed E-state index contributed by atoms with van der Waals surface area (Å²) in [5, 5.41) is 4.25. The van der Waals surface area contributed by atoms with Gasteiger partial charge in [0.05, 0.1) is 13.2 Å². The van der Waals surface area contributed by atoms with E-state index in [0.29, 0.717) is 13.2 Å². The lowest BCUT2D eigenvalue weighted by Gasteiger charge is -2.35. The molecule has 0 bridgehead atoms. The summed E-state index contributed by atoms with van der Waals surface area (Å²) in [5.74, 6) is 1.60. The number of benzene rings is 1. The van der Waals surface area contributed by atoms with E-state index in [1.54, 1.807) is 0 Å². The highest BCUT2D eigenvalue weighted by Gasteiger charge is 2.38. The molecule has 4 heteroatoms. The Labute approximate surface area is 132 Å². The fourth-order valence-electron chi connectivity index (χ4n) is 3.77. The Kier molecular flexibility index (Phi) is 4.32. The van der Waals surface area contributed by atoms with Crippen molar-refractivity contribution in [2.75, 3.05) is 20.3 Å². The summed E-state index contributed by atoms with van der Waals surface area (Å²) in [6, 6.07) is 4.25. The molecule has 3 nitrogen and oxygen atoms in total. The van der Waals surface area contributed by atoms with Crippen LogP contribution in [0.1, 0.15) is 50.6 Å². The van der Waals surface area contributed by atoms with Gasteiger partial charge in [0.2, 0.25) is 0 Å². The molecule has 3 rings (SSSR count). The molecule has 1 unspecified atom stereocenters. The number of ether oxygens (including phenoxy) is 2. The highest BCUT2D eigenvalue weighted by atomic mass is 35.5. The van der Waals surface area contributed by atoms with Gasteiger partial charge in [-0.1, -0.05) is 31.4 Å². The van der Waals surface area contributed by atoms with Crippen LogP contribution in [0.4, 0.5) is 0 Å². The van der Waals surface area contributed by atoms with Gasteiger partial charge in [-0.05, 0) is 36.9 Å². The van der Waals surface area contributed by atoms with Gasteiger partial charge in [0.25, 0.3) is 0 Å². The Balaban J connectivity index is 1.98. The molecule has 1 aliphatic heterocycles. The van der Waals surface area contributed by atoms with Gasteiger partial charge in [-0.25, -0.2) is 0 Å². The number of halogens is 1. The Bertz CT molecular complexity index is 512. The first kappa shape index (κ1) is 15.0. The number of fused-ring (bicyclic) bond motifs is 1. The maximum absolute atomic E-state index is 6.55. The van der Waals surface area contributed by atoms with Gasteiger partial charge in [0, 0.05) is 23.6 Å². The molecule has 116 valence electrons. The van der Waals surface area contributed by atoms with Crippen LogP contribution in [0.3, 0.4) is 0 Å². The van der Waals surface area contributed by atoms with Crippen LogP contribution in [-0.4, -0.2) is 20.3 Å². The van der Waals surface area contributed by atoms with Crippen molar-refractivity contribution in [3.8, 4) is 11.5 Å². The van der Waals surface area contributed by atoms with E-state index >= 15 is 0 Å². The smallest absolute Gasteiger partial charge is 0.162 e. The third-order valence-electron chi connectivity index (χ3n) is 4.91. The van der Waals surface area contributed by atoms with Crippen LogP contribution in [0.5, 0.6) is 11.5 Å². The molecule has 1 saturated carbocycles. The Morgan fingerprint density at radius 2 is 1.71 bits per heavy atom. The van der Waals surface area contributed by atoms with E-state index in [4.69, 9.17) is 21.1 Å². The molecule has 1 fully saturated rings. The zero-order valence-corrected chi connectivity index (χ0v) is 13.6. The maximum atomic E-state index is 6.55. The van der Waals surface area contributed by atoms with Gasteiger partial charge in [-0.2, -0.15) is 0 Å². The number of nitrogens with one attached hydrogen (secondary N) is 1. The van der Waals surface area contributed by atoms with E-state index in [9.17, 15) is 0 Å². The predicted octanol–water partition coefficient (Wildman–Crippen LogP) is 4.34. The van der Waals surface area contributed by atoms with Gasteiger partial charge in [-0.3, -0.25) is 0 Å². The molecule has 1 atom stereocenters. The molecule has 21 heavy (non-hydrogen) atoms. The molecule has 1 heterocycles. The predicted molar refractivity (Wildman–Crippen MR) is 85.4 cm³/mol. The van der Waals surface area contributed by atoms with E-state index in [0.717, 1.165) is 28.5 Å². The molecule has 0 spiro atoms. The first-order valence-electron chi connectivity index (χ1n) is 7.90. The second-order valence-electron chi connectivity index (χ2n) is 6.45. The minimum absolute atomic E-state index is 0.254. The Morgan fingerprint density at radius 3 is 2.33 bits per heavy atom. The molecule has 0 amide bonds. The summed E-state index contributed by atoms with van der Waals surface area (Å²) in [6.45, 7) is 3.76. The van der Waals surface area contributed by atoms with Crippen LogP contribution in [0, 0.1) is 5.41 Å². The monoisotopic (exact) mass is 309 g/mol. The molecule has 2 aliphatic rings. The topological polar surface area (TPSA) is 30.5 Å². The van der Waals surface area contributed by atoms with E-state index in [1.165, 1.54) is 25.7 Å². The highest BCUT2D eigenvalue weighted by molar-refractivity contribution is 6.31. The number of rotatable bonds is 3. The average molecular weight is 310 g/mol. The standard InChI is InChI=1S/C17H24ClNO2/c1-17(6-3-4-7-17)16(19-2)12-10-14-15(11-13(12)18)21-9-5-8-20-14/h10-11,16,19H,3-9H2,1-2H3. The van der Waals surface area contributed by atoms with Crippen LogP contribution < -0.4 is 14.8 Å². The van der Waals surface area contributed by atoms with Crippen molar-refractivity contribution < 1.29 is 9.47 Å². The lowest BCUT2D eigenvalue weighted by Crippen LogP contribution is -2.32. The first-order valence-corrected chi connectivity index (χ1v) is 8.28. The normalized spacial score (nSPS) is 21.9. The minimum atomic E-state index is 0.254. The minimum Gasteiger partial charge on any atom is -0.490 e. The fraction of sp³-hybridized carbons (Fsp3) is 0.647. The molecule has 1 aromatic rings. The van der Waals surface area contributed by atoms with Gasteiger partial charge in [-0.15, -0.1) is 0 Å². The second-order valence-corrected chi connectivity index (χ2v) is 6.86. The molecular weight excluding hydrogens is 286 g/mol. The molecule has 0 aromatic heterocycles. The van der Waals surface area contributed by atoms with Crippen molar-refractivity contribution in [2.45, 2.75) is 45.1 Å². The van der Waals surface area contributed by atoms with Crippen LogP contribution >= 0.6 is 11.6 Å². The van der Waals surface area contributed by atoms with E-state index in [-0.39, 0.29) is 11.5 Å². The van der Waals surface area contributed by atoms with Crippen LogP contribution in [0.15, 0.2) is 12.1 Å². The lowest BCUT2D eigenvalue weighted by atomic mass is 9.77. The Morgan fingerprint density at radius 1 is 1.10 bits per heavy atom. The van der Waals surface area contributed by atoms with E-state index in [1.807, 2.05) is 13.1 Å². The summed E-state index contributed by atoms with van der Waals surface area (Å²) in [6.07, 6.45) is 6.00. The summed E-state index contributed by atoms with van der Waals surface area (Å²) in [5.41, 5.74) is 1.39. The van der Waals surface area contributed by atoms with Gasteiger partial charge < -0.3 is 14.8 Å². The van der Waals surface area contributed by atoms with Crippen molar-refractivity contribution in [1.82, 2.24) is 5.32 Å². The third kappa shape index (κ3) is 2.86. The summed E-state index contributed by atoms with van der Waals surface area (Å²) >= 11 is 6.55. The molecule has 1 aromatic carbocycles. The van der Waals surface area contributed by atoms with Crippen molar-refractivity contribution in [3.05, 3.63) is 22.7 Å². The fourth-order valence-corrected chi connectivity index (χ4v) is 4.03. The van der Waals surface area contributed by atoms with Crippen LogP contribution in [0.25, 0.3) is 0 Å². The first-order chi connectivity index (χ1) is 10.1. The third-order valence-corrected chi connectivity index (χ3v) is 5.24. The van der Waals surface area contributed by atoms with Gasteiger partial charge in [0.15, 0.2) is 11.5 Å². The maximum Gasteiger partial charge on any atom is 0.162 e. The number of hydrogen-bond acceptors (Lipinski definition) is 3. The largest absolute Gasteiger partial charge is 0.490 e. The average Bonchev–Trinajstić information content (AvgIpc) is 2.77. The molecular formula is C17H24ClNO2. The molecule has 0 radical (unpaired) electrons. The SMILES string of the molecule is CNC(c1cc2c(cc1Cl)OCCCO2)C1(C)CCCC1. The highest BCUT2D eigenvalue weighted by Crippen LogP contribution is 2.50. The van der Waals surface area contributed by atoms with Crippen LogP contribution in [-0.2, 0) is 0 Å². The second kappa shape index (κ2) is 6.05. The lowest BCUT2D eigenvalue weighted by molar-refractivity contribution is 0.233. The zero-order valence-electron chi connectivity index (χ0n) is 12.9. The quantitative estimate of drug-likeness (QED) is 0.901. The number of hydrogen-bond donors (Lipinski definition) is 1. The zero-order chi connectivity index (χ0) is 14.9. The van der Waals surface area contributed by atoms with E-state index < -0.39 is 0 Å². The van der Waals surface area contributed by atoms with Crippen molar-refractivity contribution in [2.24, 2.45) is 5.41 Å². The Hall–Kier alpha value is -0.930. The van der Waals surface area contributed by atoms with Crippen molar-refractivity contribution in [1.29, 1.82) is 0 Å². The molecule has 1 N–H and O–H groups in total. The van der Waals surface area contributed by atoms with Gasteiger partial charge >= 0.3 is 0 Å². The van der Waals surface area contributed by atoms with Crippen molar-refractivity contribution >= 4 is 11.6 Å². The molecule has 0 saturated heterocycles.